The van der Waals surface area contributed by atoms with Gasteiger partial charge >= 0.3 is 11.8 Å². The van der Waals surface area contributed by atoms with Gasteiger partial charge in [-0.25, -0.2) is 14.6 Å². The number of aliphatic hydroxyl groups is 2. The second-order valence-electron chi connectivity index (χ2n) is 10.5. The van der Waals surface area contributed by atoms with Crippen LogP contribution in [0.4, 0.5) is 10.7 Å². The maximum absolute atomic E-state index is 12.0. The van der Waals surface area contributed by atoms with Gasteiger partial charge in [0.2, 0.25) is 11.9 Å². The molecule has 1 aliphatic rings. The van der Waals surface area contributed by atoms with Crippen molar-refractivity contribution < 1.29 is 34.0 Å². The number of nitrogens with two attached hydrogens (primary N) is 1. The van der Waals surface area contributed by atoms with Gasteiger partial charge in [0.25, 0.3) is 0 Å². The molecule has 2 heterocycles. The van der Waals surface area contributed by atoms with Gasteiger partial charge in [-0.1, -0.05) is 67.7 Å². The van der Waals surface area contributed by atoms with Crippen molar-refractivity contribution in [3.63, 3.8) is 0 Å². The van der Waals surface area contributed by atoms with Gasteiger partial charge in [0, 0.05) is 19.5 Å². The molecule has 14 nitrogen and oxygen atoms in total. The van der Waals surface area contributed by atoms with Crippen LogP contribution in [0.5, 0.6) is 0 Å². The molecule has 6 N–H and O–H groups in total. The average molecular weight is 659 g/mol. The molecule has 1 aliphatic heterocycles. The van der Waals surface area contributed by atoms with Crippen molar-refractivity contribution >= 4 is 17.9 Å². The number of unbranched alkanes of at least 4 members (excludes halogenated alkanes) is 1. The first-order valence-electron chi connectivity index (χ1n) is 16.1. The summed E-state index contributed by atoms with van der Waals surface area (Å²) in [5, 5.41) is 25.7. The molecule has 0 aromatic carbocycles. The first-order chi connectivity index (χ1) is 22.8. The molecule has 14 heteroatoms. The molecule has 2 rings (SSSR count). The number of nitrogens with zero attached hydrogens (tertiary/aromatic N) is 3. The zero-order chi connectivity index (χ0) is 34.1. The highest BCUT2D eigenvalue weighted by atomic mass is 16.6. The van der Waals surface area contributed by atoms with E-state index in [1.807, 2.05) is 0 Å². The van der Waals surface area contributed by atoms with E-state index < -0.39 is 36.3 Å². The van der Waals surface area contributed by atoms with Gasteiger partial charge in [0.15, 0.2) is 6.23 Å². The Morgan fingerprint density at radius 3 is 2.15 bits per heavy atom. The highest BCUT2D eigenvalue weighted by Gasteiger charge is 2.44. The Kier molecular flexibility index (Phi) is 20.0. The van der Waals surface area contributed by atoms with Gasteiger partial charge in [-0.05, 0) is 44.9 Å². The number of aliphatic hydroxyl groups excluding tert-OH is 2. The summed E-state index contributed by atoms with van der Waals surface area (Å²) in [6.45, 7) is 2.74. The van der Waals surface area contributed by atoms with Crippen molar-refractivity contribution in [3.8, 4) is 0 Å². The Hall–Kier alpha value is -4.11. The number of alkyl carbamates (subject to hydrolysis) is 1. The largest absolute Gasteiger partial charge is 0.447 e. The molecule has 1 aromatic heterocycles. The van der Waals surface area contributed by atoms with Gasteiger partial charge in [0.1, 0.15) is 31.2 Å². The lowest BCUT2D eigenvalue weighted by molar-refractivity contribution is -0.121. The second-order valence-corrected chi connectivity index (χ2v) is 10.5. The summed E-state index contributed by atoms with van der Waals surface area (Å²) in [6, 6.07) is 0. The number of allylic oxidation sites excluding steroid dienone is 10. The molecule has 260 valence electrons. The normalized spacial score (nSPS) is 20.0. The molecule has 0 aliphatic carbocycles. The number of nitrogens with one attached hydrogen (secondary N) is 2. The molecule has 0 saturated carbocycles. The van der Waals surface area contributed by atoms with E-state index >= 15 is 0 Å². The molecular weight excluding hydrogens is 608 g/mol. The Bertz CT molecular complexity index is 1260. The van der Waals surface area contributed by atoms with Gasteiger partial charge in [-0.3, -0.25) is 9.36 Å². The zero-order valence-electron chi connectivity index (χ0n) is 27.1. The SMILES string of the molecule is CC/C=C\C/C=C\C/C=C\C/C=C\C/C=C\CCCC(=O)NCCOCCNC(=O)OC[C@H]1OC(n2cnc(N)nc2=O)[C@H](O)[C@@H]1O. The topological polar surface area (TPSA) is 200 Å². The predicted molar refractivity (Wildman–Crippen MR) is 178 cm³/mol. The van der Waals surface area contributed by atoms with Crippen molar-refractivity contribution in [1.82, 2.24) is 25.2 Å². The number of hydrogen-bond acceptors (Lipinski definition) is 11. The minimum Gasteiger partial charge on any atom is -0.447 e. The van der Waals surface area contributed by atoms with E-state index in [1.165, 1.54) is 0 Å². The third kappa shape index (κ3) is 16.9. The molecular formula is C33H50N6O8. The fraction of sp³-hybridized carbons (Fsp3) is 0.545. The number of carbonyl (C=O) groups is 2. The third-order valence-electron chi connectivity index (χ3n) is 6.75. The van der Waals surface area contributed by atoms with Gasteiger partial charge in [-0.15, -0.1) is 0 Å². The van der Waals surface area contributed by atoms with Crippen LogP contribution in [0, 0.1) is 0 Å². The van der Waals surface area contributed by atoms with Crippen LogP contribution in [0.3, 0.4) is 0 Å². The van der Waals surface area contributed by atoms with Crippen LogP contribution in [0.25, 0.3) is 0 Å². The third-order valence-corrected chi connectivity index (χ3v) is 6.75. The molecule has 1 saturated heterocycles. The van der Waals surface area contributed by atoms with Crippen LogP contribution in [0.2, 0.25) is 0 Å². The second kappa shape index (κ2) is 24.1. The summed E-state index contributed by atoms with van der Waals surface area (Å²) >= 11 is 0. The predicted octanol–water partition coefficient (Wildman–Crippen LogP) is 2.62. The van der Waals surface area contributed by atoms with Crippen molar-refractivity contribution in [1.29, 1.82) is 0 Å². The van der Waals surface area contributed by atoms with Gasteiger partial charge in [-0.2, -0.15) is 4.98 Å². The highest BCUT2D eigenvalue weighted by molar-refractivity contribution is 5.75. The Morgan fingerprint density at radius 1 is 0.936 bits per heavy atom. The Labute approximate surface area is 276 Å². The van der Waals surface area contributed by atoms with Gasteiger partial charge < -0.3 is 40.8 Å². The van der Waals surface area contributed by atoms with Crippen LogP contribution in [-0.2, 0) is 19.0 Å². The minimum absolute atomic E-state index is 0.0415. The number of aromatic nitrogens is 3. The van der Waals surface area contributed by atoms with E-state index in [0.717, 1.165) is 55.8 Å². The van der Waals surface area contributed by atoms with Crippen molar-refractivity contribution in [2.24, 2.45) is 0 Å². The summed E-state index contributed by atoms with van der Waals surface area (Å²) in [5.41, 5.74) is 4.54. The standard InChI is InChI=1S/C33H50N6O8/c1-2-3-4-5-6-7-8-9-10-11-12-13-14-15-16-17-18-19-27(40)35-20-22-45-23-21-36-33(44)46-24-26-28(41)29(42)30(47-26)39-25-37-31(34)38-32(39)43/h3-4,6-7,9-10,12-13,15-16,25-26,28-30,41-42H,2,5,8,11,14,17-24H2,1H3,(H,35,40)(H,36,44)(H2,34,38,43)/b4-3-,7-6-,10-9-,13-12-,16-15-/t26-,28-,29-,30?/m1/s1. The first-order valence-corrected chi connectivity index (χ1v) is 16.1. The van der Waals surface area contributed by atoms with Crippen LogP contribution in [0.15, 0.2) is 71.9 Å². The van der Waals surface area contributed by atoms with Crippen LogP contribution in [0.1, 0.15) is 64.5 Å². The number of ether oxygens (including phenoxy) is 3. The lowest BCUT2D eigenvalue weighted by Crippen LogP contribution is -2.37. The number of amides is 2. The molecule has 1 unspecified atom stereocenters. The van der Waals surface area contributed by atoms with Gasteiger partial charge in [0.05, 0.1) is 13.2 Å². The zero-order valence-corrected chi connectivity index (χ0v) is 27.1. The molecule has 2 amide bonds. The number of nitrogen functional groups attached to an aromatic ring is 1. The molecule has 47 heavy (non-hydrogen) atoms. The highest BCUT2D eigenvalue weighted by Crippen LogP contribution is 2.28. The fourth-order valence-corrected chi connectivity index (χ4v) is 4.26. The summed E-state index contributed by atoms with van der Waals surface area (Å²) in [6.07, 6.45) is 23.4. The quantitative estimate of drug-likeness (QED) is 0.0906. The van der Waals surface area contributed by atoms with E-state index in [2.05, 4.69) is 88.3 Å². The molecule has 0 spiro atoms. The Balaban J connectivity index is 1.42. The molecule has 0 bridgehead atoms. The maximum Gasteiger partial charge on any atom is 0.407 e. The Morgan fingerprint density at radius 2 is 1.53 bits per heavy atom. The van der Waals surface area contributed by atoms with E-state index in [1.54, 1.807) is 0 Å². The van der Waals surface area contributed by atoms with Crippen LogP contribution >= 0.6 is 0 Å². The fourth-order valence-electron chi connectivity index (χ4n) is 4.26. The molecule has 0 radical (unpaired) electrons. The van der Waals surface area contributed by atoms with E-state index in [-0.39, 0.29) is 38.2 Å². The smallest absolute Gasteiger partial charge is 0.407 e. The van der Waals surface area contributed by atoms with Crippen LogP contribution in [-0.4, -0.2) is 88.0 Å². The van der Waals surface area contributed by atoms with Crippen molar-refractivity contribution in [2.75, 3.05) is 38.6 Å². The van der Waals surface area contributed by atoms with E-state index in [9.17, 15) is 24.6 Å². The minimum atomic E-state index is -1.48. The van der Waals surface area contributed by atoms with Crippen LogP contribution < -0.4 is 22.1 Å². The number of carbonyl (C=O) groups excluding carboxylic acids is 2. The average Bonchev–Trinajstić information content (AvgIpc) is 3.33. The number of rotatable bonds is 22. The summed E-state index contributed by atoms with van der Waals surface area (Å²) in [4.78, 5) is 43.0. The number of hydrogen-bond donors (Lipinski definition) is 5. The summed E-state index contributed by atoms with van der Waals surface area (Å²) in [7, 11) is 0. The summed E-state index contributed by atoms with van der Waals surface area (Å²) < 4.78 is 16.8. The van der Waals surface area contributed by atoms with Crippen molar-refractivity contribution in [3.05, 3.63) is 77.6 Å². The molecule has 1 fully saturated rings. The molecule has 4 atom stereocenters. The maximum atomic E-state index is 12.0. The number of anilines is 1. The lowest BCUT2D eigenvalue weighted by atomic mass is 10.1. The summed E-state index contributed by atoms with van der Waals surface area (Å²) in [5.74, 6) is -0.284. The van der Waals surface area contributed by atoms with Crippen molar-refractivity contribution in [2.45, 2.75) is 82.8 Å². The first kappa shape index (κ1) is 39.1. The molecule has 1 aromatic rings. The van der Waals surface area contributed by atoms with E-state index in [0.29, 0.717) is 13.0 Å². The van der Waals surface area contributed by atoms with E-state index in [4.69, 9.17) is 19.9 Å². The monoisotopic (exact) mass is 658 g/mol. The lowest BCUT2D eigenvalue weighted by Gasteiger charge is -2.16.